The molecule has 11 heteroatoms. The van der Waals surface area contributed by atoms with Gasteiger partial charge in [-0.2, -0.15) is 0 Å². The fraction of sp³-hybridized carbons (Fsp3) is 0.130. The second kappa shape index (κ2) is 10.6. The molecule has 0 radical (unpaired) electrons. The number of hydrogen-bond acceptors (Lipinski definition) is 7. The van der Waals surface area contributed by atoms with Gasteiger partial charge in [-0.05, 0) is 54.6 Å². The molecule has 0 aliphatic carbocycles. The van der Waals surface area contributed by atoms with Crippen molar-refractivity contribution in [2.45, 2.75) is 4.90 Å². The zero-order valence-corrected chi connectivity index (χ0v) is 19.4. The van der Waals surface area contributed by atoms with Gasteiger partial charge in [0.25, 0.3) is 21.8 Å². The Morgan fingerprint density at radius 3 is 2.09 bits per heavy atom. The predicted molar refractivity (Wildman–Crippen MR) is 125 cm³/mol. The first kappa shape index (κ1) is 24.4. The minimum absolute atomic E-state index is 0.0236. The molecule has 10 nitrogen and oxygen atoms in total. The lowest BCUT2D eigenvalue weighted by Crippen LogP contribution is -2.41. The summed E-state index contributed by atoms with van der Waals surface area (Å²) in [5, 5.41) is 0. The maximum Gasteiger partial charge on any atom is 0.273 e. The van der Waals surface area contributed by atoms with Crippen molar-refractivity contribution in [2.75, 3.05) is 26.1 Å². The summed E-state index contributed by atoms with van der Waals surface area (Å²) in [6.07, 6.45) is 0. The van der Waals surface area contributed by atoms with Crippen LogP contribution in [-0.2, 0) is 10.0 Å². The molecule has 3 aromatic rings. The van der Waals surface area contributed by atoms with E-state index in [-0.39, 0.29) is 21.8 Å². The van der Waals surface area contributed by atoms with E-state index in [2.05, 4.69) is 15.6 Å². The summed E-state index contributed by atoms with van der Waals surface area (Å²) in [5.41, 5.74) is 5.04. The second-order valence-corrected chi connectivity index (χ2v) is 8.49. The van der Waals surface area contributed by atoms with E-state index >= 15 is 0 Å². The molecule has 2 amide bonds. The average Bonchev–Trinajstić information content (AvgIpc) is 2.86. The summed E-state index contributed by atoms with van der Waals surface area (Å²) in [7, 11) is 0.361. The molecule has 0 unspecified atom stereocenters. The molecule has 3 aromatic carbocycles. The molecular formula is C23H23N3O7S. The van der Waals surface area contributed by atoms with Gasteiger partial charge < -0.3 is 14.2 Å². The standard InChI is InChI=1S/C23H23N3O7S/c1-31-17-12-10-16(11-13-17)26-34(29,30)18-7-4-6-15(14-18)22(27)24-25-23(28)19-8-5-9-20(32-2)21(19)33-3/h4-14,26H,1-3H3,(H,24,27)(H,25,28). The summed E-state index contributed by atoms with van der Waals surface area (Å²) in [4.78, 5) is 25.0. The summed E-state index contributed by atoms with van der Waals surface area (Å²) in [5.74, 6) is -0.223. The van der Waals surface area contributed by atoms with Crippen molar-refractivity contribution in [2.24, 2.45) is 0 Å². The van der Waals surface area contributed by atoms with Crippen molar-refractivity contribution in [3.05, 3.63) is 77.9 Å². The van der Waals surface area contributed by atoms with Crippen molar-refractivity contribution in [3.8, 4) is 17.2 Å². The molecule has 0 aliphatic heterocycles. The highest BCUT2D eigenvalue weighted by atomic mass is 32.2. The Morgan fingerprint density at radius 2 is 1.44 bits per heavy atom. The molecule has 0 spiro atoms. The average molecular weight is 486 g/mol. The van der Waals surface area contributed by atoms with Crippen molar-refractivity contribution >= 4 is 27.5 Å². The molecule has 0 saturated heterocycles. The highest BCUT2D eigenvalue weighted by molar-refractivity contribution is 7.92. The molecule has 0 fully saturated rings. The zero-order chi connectivity index (χ0) is 24.7. The van der Waals surface area contributed by atoms with Gasteiger partial charge in [0, 0.05) is 11.3 Å². The van der Waals surface area contributed by atoms with Gasteiger partial charge in [0.1, 0.15) is 5.75 Å². The molecule has 34 heavy (non-hydrogen) atoms. The SMILES string of the molecule is COc1ccc(NS(=O)(=O)c2cccc(C(=O)NNC(=O)c3cccc(OC)c3OC)c2)cc1. The number of carbonyl (C=O) groups is 2. The Labute approximate surface area is 196 Å². The Morgan fingerprint density at radius 1 is 0.765 bits per heavy atom. The maximum absolute atomic E-state index is 12.7. The van der Waals surface area contributed by atoms with Crippen LogP contribution in [0.3, 0.4) is 0 Å². The number of methoxy groups -OCH3 is 3. The number of anilines is 1. The topological polar surface area (TPSA) is 132 Å². The minimum atomic E-state index is -3.97. The van der Waals surface area contributed by atoms with E-state index in [1.54, 1.807) is 36.4 Å². The second-order valence-electron chi connectivity index (χ2n) is 6.81. The Bertz CT molecular complexity index is 1290. The summed E-state index contributed by atoms with van der Waals surface area (Å²) in [6.45, 7) is 0. The van der Waals surface area contributed by atoms with E-state index in [0.717, 1.165) is 0 Å². The van der Waals surface area contributed by atoms with E-state index in [0.29, 0.717) is 17.2 Å². The fourth-order valence-electron chi connectivity index (χ4n) is 3.00. The van der Waals surface area contributed by atoms with Crippen LogP contribution in [-0.4, -0.2) is 41.6 Å². The van der Waals surface area contributed by atoms with Crippen molar-refractivity contribution in [1.82, 2.24) is 10.9 Å². The predicted octanol–water partition coefficient (Wildman–Crippen LogP) is 2.59. The van der Waals surface area contributed by atoms with Crippen LogP contribution < -0.4 is 29.8 Å². The molecule has 0 bridgehead atoms. The number of amides is 2. The number of hydrazine groups is 1. The highest BCUT2D eigenvalue weighted by Gasteiger charge is 2.19. The van der Waals surface area contributed by atoms with Gasteiger partial charge in [-0.1, -0.05) is 12.1 Å². The lowest BCUT2D eigenvalue weighted by atomic mass is 10.1. The van der Waals surface area contributed by atoms with Crippen molar-refractivity contribution < 1.29 is 32.2 Å². The molecule has 0 atom stereocenters. The highest BCUT2D eigenvalue weighted by Crippen LogP contribution is 2.30. The van der Waals surface area contributed by atoms with E-state index < -0.39 is 21.8 Å². The summed E-state index contributed by atoms with van der Waals surface area (Å²) < 4.78 is 43.4. The lowest BCUT2D eigenvalue weighted by molar-refractivity contribution is 0.0844. The molecule has 0 aromatic heterocycles. The number of carbonyl (C=O) groups excluding carboxylic acids is 2. The van der Waals surface area contributed by atoms with E-state index in [1.165, 1.54) is 51.7 Å². The van der Waals surface area contributed by atoms with Crippen molar-refractivity contribution in [1.29, 1.82) is 0 Å². The monoisotopic (exact) mass is 485 g/mol. The lowest BCUT2D eigenvalue weighted by Gasteiger charge is -2.13. The van der Waals surface area contributed by atoms with E-state index in [1.807, 2.05) is 0 Å². The van der Waals surface area contributed by atoms with Gasteiger partial charge in [-0.15, -0.1) is 0 Å². The third kappa shape index (κ3) is 5.56. The van der Waals surface area contributed by atoms with E-state index in [9.17, 15) is 18.0 Å². The molecule has 0 aliphatic rings. The van der Waals surface area contributed by atoms with Crippen LogP contribution >= 0.6 is 0 Å². The maximum atomic E-state index is 12.7. The zero-order valence-electron chi connectivity index (χ0n) is 18.6. The third-order valence-electron chi connectivity index (χ3n) is 4.69. The summed E-state index contributed by atoms with van der Waals surface area (Å²) >= 11 is 0. The first-order valence-corrected chi connectivity index (χ1v) is 11.4. The minimum Gasteiger partial charge on any atom is -0.497 e. The fourth-order valence-corrected chi connectivity index (χ4v) is 4.10. The normalized spacial score (nSPS) is 10.7. The first-order chi connectivity index (χ1) is 16.3. The summed E-state index contributed by atoms with van der Waals surface area (Å²) in [6, 6.07) is 16.4. The number of benzene rings is 3. The number of para-hydroxylation sites is 1. The molecule has 3 rings (SSSR count). The number of sulfonamides is 1. The molecule has 0 saturated carbocycles. The van der Waals surface area contributed by atoms with Gasteiger partial charge >= 0.3 is 0 Å². The Kier molecular flexibility index (Phi) is 7.59. The number of nitrogens with one attached hydrogen (secondary N) is 3. The van der Waals surface area contributed by atoms with Crippen LogP contribution in [0.25, 0.3) is 0 Å². The Hall–Kier alpha value is -4.25. The van der Waals surface area contributed by atoms with Gasteiger partial charge in [0.15, 0.2) is 11.5 Å². The van der Waals surface area contributed by atoms with Crippen LogP contribution in [0.15, 0.2) is 71.6 Å². The van der Waals surface area contributed by atoms with Crippen LogP contribution in [0, 0.1) is 0 Å². The first-order valence-electron chi connectivity index (χ1n) is 9.87. The number of ether oxygens (including phenoxy) is 3. The smallest absolute Gasteiger partial charge is 0.273 e. The van der Waals surface area contributed by atoms with Gasteiger partial charge in [0.05, 0.1) is 31.8 Å². The van der Waals surface area contributed by atoms with Gasteiger partial charge in [-0.25, -0.2) is 8.42 Å². The van der Waals surface area contributed by atoms with Crippen LogP contribution in [0.2, 0.25) is 0 Å². The van der Waals surface area contributed by atoms with Gasteiger partial charge in [0.2, 0.25) is 0 Å². The van der Waals surface area contributed by atoms with Gasteiger partial charge in [-0.3, -0.25) is 25.2 Å². The van der Waals surface area contributed by atoms with Crippen molar-refractivity contribution in [3.63, 3.8) is 0 Å². The largest absolute Gasteiger partial charge is 0.497 e. The molecule has 178 valence electrons. The van der Waals surface area contributed by atoms with E-state index in [4.69, 9.17) is 14.2 Å². The van der Waals surface area contributed by atoms with Crippen LogP contribution in [0.5, 0.6) is 17.2 Å². The molecule has 3 N–H and O–H groups in total. The number of hydrogen-bond donors (Lipinski definition) is 3. The Balaban J connectivity index is 1.71. The van der Waals surface area contributed by atoms with Crippen LogP contribution in [0.4, 0.5) is 5.69 Å². The quantitative estimate of drug-likeness (QED) is 0.418. The van der Waals surface area contributed by atoms with Crippen LogP contribution in [0.1, 0.15) is 20.7 Å². The third-order valence-corrected chi connectivity index (χ3v) is 6.06. The molecular weight excluding hydrogens is 462 g/mol. The number of rotatable bonds is 8. The molecule has 0 heterocycles.